The Morgan fingerprint density at radius 2 is 2.06 bits per heavy atom. The first-order chi connectivity index (χ1) is 8.20. The van der Waals surface area contributed by atoms with Crippen molar-refractivity contribution in [1.29, 1.82) is 5.26 Å². The summed E-state index contributed by atoms with van der Waals surface area (Å²) in [5, 5.41) is 10.7. The van der Waals surface area contributed by atoms with Crippen molar-refractivity contribution in [2.24, 2.45) is 0 Å². The number of rotatable bonds is 0. The van der Waals surface area contributed by atoms with Gasteiger partial charge in [0, 0.05) is 17.0 Å². The van der Waals surface area contributed by atoms with Gasteiger partial charge >= 0.3 is 0 Å². The summed E-state index contributed by atoms with van der Waals surface area (Å²) in [5.74, 6) is 0. The predicted molar refractivity (Wildman–Crippen MR) is 70.2 cm³/mol. The van der Waals surface area contributed by atoms with Gasteiger partial charge in [-0.15, -0.1) is 0 Å². The smallest absolute Gasteiger partial charge is 0.143 e. The number of hydrogen-bond acceptors (Lipinski definition) is 3. The van der Waals surface area contributed by atoms with Gasteiger partial charge in [0.1, 0.15) is 25.3 Å². The van der Waals surface area contributed by atoms with Crippen LogP contribution >= 0.6 is 9.39 Å². The van der Waals surface area contributed by atoms with Crippen LogP contribution in [0.1, 0.15) is 5.69 Å². The van der Waals surface area contributed by atoms with Crippen LogP contribution in [-0.2, 0) is 0 Å². The van der Waals surface area contributed by atoms with Gasteiger partial charge in [-0.25, -0.2) is 9.97 Å². The van der Waals surface area contributed by atoms with Gasteiger partial charge in [-0.1, -0.05) is 11.5 Å². The van der Waals surface area contributed by atoms with Crippen LogP contribution in [0.4, 0.5) is 0 Å². The number of fused-ring (bicyclic) bond motifs is 3. The second-order valence-electron chi connectivity index (χ2n) is 3.71. The van der Waals surface area contributed by atoms with Gasteiger partial charge in [-0.3, -0.25) is 0 Å². The molecule has 0 aliphatic heterocycles. The third kappa shape index (κ3) is 1.42. The lowest BCUT2D eigenvalue weighted by Crippen LogP contribution is -2.01. The average Bonchev–Trinajstić information content (AvgIpc) is 2.62. The molecule has 1 atom stereocenters. The summed E-state index contributed by atoms with van der Waals surface area (Å²) in [6.07, 6.45) is 3.28. The lowest BCUT2D eigenvalue weighted by atomic mass is 9.97. The zero-order valence-corrected chi connectivity index (χ0v) is 9.91. The minimum absolute atomic E-state index is 0.387. The quantitative estimate of drug-likeness (QED) is 0.430. The van der Waals surface area contributed by atoms with Crippen molar-refractivity contribution < 1.29 is 0 Å². The van der Waals surface area contributed by atoms with Crippen LogP contribution in [-0.4, -0.2) is 22.2 Å². The zero-order valence-electron chi connectivity index (χ0n) is 8.75. The highest BCUT2D eigenvalue weighted by molar-refractivity contribution is 7.15. The molecule has 0 saturated carbocycles. The van der Waals surface area contributed by atoms with E-state index in [-0.39, 0.29) is 0 Å². The fraction of sp³-hybridized carbons (Fsp3) is 0. The Labute approximate surface area is 101 Å². The van der Waals surface area contributed by atoms with Gasteiger partial charge in [0.15, 0.2) is 0 Å². The fourth-order valence-corrected chi connectivity index (χ4v) is 2.31. The van der Waals surface area contributed by atoms with E-state index in [0.29, 0.717) is 11.2 Å². The predicted octanol–water partition coefficient (Wildman–Crippen LogP) is 0.888. The highest BCUT2D eigenvalue weighted by Gasteiger charge is 2.10. The summed E-state index contributed by atoms with van der Waals surface area (Å²) in [6.45, 7) is 0. The van der Waals surface area contributed by atoms with Crippen LogP contribution in [0, 0.1) is 11.3 Å². The first-order valence-corrected chi connectivity index (χ1v) is 5.43. The molecule has 0 aromatic carbocycles. The minimum atomic E-state index is 0.387. The number of nitrogens with zero attached hydrogens (tertiary/aromatic N) is 4. The van der Waals surface area contributed by atoms with E-state index < -0.39 is 0 Å². The van der Waals surface area contributed by atoms with E-state index in [4.69, 9.17) is 13.1 Å². The topological polar surface area (TPSA) is 54.5 Å². The zero-order chi connectivity index (χ0) is 12.0. The maximum absolute atomic E-state index is 8.87. The fourth-order valence-electron chi connectivity index (χ4n) is 1.89. The summed E-state index contributed by atoms with van der Waals surface area (Å²) in [5.41, 5.74) is 2.70. The van der Waals surface area contributed by atoms with Gasteiger partial charge in [0.05, 0.1) is 11.7 Å². The number of hydrogen-bond donors (Lipinski definition) is 0. The number of nitriles is 1. The molecule has 3 rings (SSSR count). The molecule has 3 aromatic rings. The molecule has 2 radical (unpaired) electrons. The van der Waals surface area contributed by atoms with Crippen LogP contribution in [0.3, 0.4) is 0 Å². The Morgan fingerprint density at radius 3 is 2.82 bits per heavy atom. The number of pyridine rings is 2. The highest BCUT2D eigenvalue weighted by Crippen LogP contribution is 2.28. The van der Waals surface area contributed by atoms with E-state index in [1.165, 1.54) is 0 Å². The van der Waals surface area contributed by atoms with Crippen molar-refractivity contribution in [3.05, 3.63) is 30.2 Å². The molecule has 0 fully saturated rings. The van der Waals surface area contributed by atoms with Gasteiger partial charge in [0.2, 0.25) is 0 Å². The van der Waals surface area contributed by atoms with E-state index in [0.717, 1.165) is 21.9 Å². The van der Waals surface area contributed by atoms with Crippen LogP contribution in [0.5, 0.6) is 0 Å². The molecule has 0 aliphatic rings. The van der Waals surface area contributed by atoms with Crippen molar-refractivity contribution in [2.45, 2.75) is 0 Å². The van der Waals surface area contributed by atoms with E-state index in [1.807, 2.05) is 16.5 Å². The molecule has 1 unspecified atom stereocenters. The lowest BCUT2D eigenvalue weighted by Gasteiger charge is -1.95. The van der Waals surface area contributed by atoms with Gasteiger partial charge in [-0.05, 0) is 15.5 Å². The van der Waals surface area contributed by atoms with E-state index in [1.54, 1.807) is 18.5 Å². The van der Waals surface area contributed by atoms with E-state index in [9.17, 15) is 0 Å². The standard InChI is InChI=1S/C11H6BN4P/c12-6-1-9-8-2-7(3-13)14-5-10(8)16(17)11(9)15-4-6/h1-2,4-5H,17H2. The van der Waals surface area contributed by atoms with Crippen molar-refractivity contribution in [1.82, 2.24) is 14.3 Å². The lowest BCUT2D eigenvalue weighted by molar-refractivity contribution is 1.25. The molecule has 17 heavy (non-hydrogen) atoms. The normalized spacial score (nSPS) is 10.8. The summed E-state index contributed by atoms with van der Waals surface area (Å²) < 4.78 is 1.86. The largest absolute Gasteiger partial charge is 0.308 e. The first kappa shape index (κ1) is 10.3. The Bertz CT molecular complexity index is 787. The number of aromatic nitrogens is 3. The highest BCUT2D eigenvalue weighted by atomic mass is 31.0. The molecule has 4 nitrogen and oxygen atoms in total. The van der Waals surface area contributed by atoms with Crippen LogP contribution in [0.25, 0.3) is 21.9 Å². The van der Waals surface area contributed by atoms with Crippen molar-refractivity contribution in [3.8, 4) is 6.07 Å². The Kier molecular flexibility index (Phi) is 2.14. The summed E-state index contributed by atoms with van der Waals surface area (Å²) in [4.78, 5) is 8.33. The van der Waals surface area contributed by atoms with Gasteiger partial charge in [-0.2, -0.15) is 5.26 Å². The summed E-state index contributed by atoms with van der Waals surface area (Å²) >= 11 is 0. The Balaban J connectivity index is 2.57. The second-order valence-corrected chi connectivity index (χ2v) is 4.22. The van der Waals surface area contributed by atoms with Gasteiger partial charge in [0.25, 0.3) is 0 Å². The Hall–Kier alpha value is -1.92. The molecule has 0 amide bonds. The first-order valence-electron chi connectivity index (χ1n) is 4.91. The van der Waals surface area contributed by atoms with Gasteiger partial charge < -0.3 is 4.34 Å². The molecule has 0 N–H and O–H groups in total. The summed E-state index contributed by atoms with van der Waals surface area (Å²) in [6, 6.07) is 5.63. The third-order valence-electron chi connectivity index (χ3n) is 2.66. The molecule has 3 aromatic heterocycles. The second kappa shape index (κ2) is 3.54. The van der Waals surface area contributed by atoms with Crippen LogP contribution < -0.4 is 5.46 Å². The molecule has 0 saturated heterocycles. The maximum atomic E-state index is 8.87. The van der Waals surface area contributed by atoms with Crippen LogP contribution in [0.15, 0.2) is 24.5 Å². The molecule has 0 aliphatic carbocycles. The minimum Gasteiger partial charge on any atom is -0.308 e. The molecular weight excluding hydrogens is 230 g/mol. The third-order valence-corrected chi connectivity index (χ3v) is 3.19. The molecular formula is C11H6BN4P. The van der Waals surface area contributed by atoms with Crippen molar-refractivity contribution in [2.75, 3.05) is 0 Å². The van der Waals surface area contributed by atoms with Crippen molar-refractivity contribution >= 4 is 44.6 Å². The molecule has 78 valence electrons. The summed E-state index contributed by atoms with van der Waals surface area (Å²) in [7, 11) is 8.32. The van der Waals surface area contributed by atoms with E-state index in [2.05, 4.69) is 19.4 Å². The molecule has 0 spiro atoms. The van der Waals surface area contributed by atoms with Crippen molar-refractivity contribution in [3.63, 3.8) is 0 Å². The monoisotopic (exact) mass is 236 g/mol. The molecule has 3 heterocycles. The molecule has 6 heteroatoms. The molecule has 0 bridgehead atoms. The maximum Gasteiger partial charge on any atom is 0.143 e. The average molecular weight is 236 g/mol. The Morgan fingerprint density at radius 1 is 1.24 bits per heavy atom. The van der Waals surface area contributed by atoms with Crippen LogP contribution in [0.2, 0.25) is 0 Å². The SMILES string of the molecule is [B]c1cnc2c(c1)c1cc(C#N)ncc1n2P. The van der Waals surface area contributed by atoms with E-state index >= 15 is 0 Å².